The average Bonchev–Trinajstić information content (AvgIpc) is 2.62. The number of aryl methyl sites for hydroxylation is 2. The SMILES string of the molecule is CCn1nc(C)c([N+](=O)[O-])c1N(C)CCNC. The Morgan fingerprint density at radius 2 is 2.24 bits per heavy atom. The molecule has 0 aromatic carbocycles. The van der Waals surface area contributed by atoms with Gasteiger partial charge in [-0.05, 0) is 20.9 Å². The molecule has 1 rings (SSSR count). The molecule has 1 aromatic heterocycles. The van der Waals surface area contributed by atoms with Crippen molar-refractivity contribution in [3.8, 4) is 0 Å². The molecule has 1 N–H and O–H groups in total. The van der Waals surface area contributed by atoms with E-state index in [2.05, 4.69) is 10.4 Å². The third kappa shape index (κ3) is 2.73. The lowest BCUT2D eigenvalue weighted by Gasteiger charge is -2.18. The Morgan fingerprint density at radius 1 is 1.59 bits per heavy atom. The van der Waals surface area contributed by atoms with Crippen LogP contribution in [0.25, 0.3) is 0 Å². The molecule has 0 saturated carbocycles. The fraction of sp³-hybridized carbons (Fsp3) is 0.700. The second kappa shape index (κ2) is 5.62. The number of likely N-dealkylation sites (N-methyl/N-ethyl adjacent to an activating group) is 2. The van der Waals surface area contributed by atoms with Crippen LogP contribution < -0.4 is 10.2 Å². The normalized spacial score (nSPS) is 10.6. The molecule has 1 aromatic rings. The van der Waals surface area contributed by atoms with Gasteiger partial charge in [0.25, 0.3) is 0 Å². The predicted molar refractivity (Wildman–Crippen MR) is 66.5 cm³/mol. The molecular formula is C10H19N5O2. The van der Waals surface area contributed by atoms with Gasteiger partial charge in [-0.3, -0.25) is 10.1 Å². The first-order valence-corrected chi connectivity index (χ1v) is 5.60. The number of anilines is 1. The van der Waals surface area contributed by atoms with Crippen molar-refractivity contribution in [3.05, 3.63) is 15.8 Å². The third-order valence-electron chi connectivity index (χ3n) is 2.61. The lowest BCUT2D eigenvalue weighted by Crippen LogP contribution is -2.29. The van der Waals surface area contributed by atoms with Gasteiger partial charge in [0.15, 0.2) is 0 Å². The van der Waals surface area contributed by atoms with E-state index in [0.29, 0.717) is 24.6 Å². The number of aromatic nitrogens is 2. The van der Waals surface area contributed by atoms with E-state index in [1.54, 1.807) is 11.6 Å². The van der Waals surface area contributed by atoms with Crippen LogP contribution in [0.1, 0.15) is 12.6 Å². The van der Waals surface area contributed by atoms with Crippen molar-refractivity contribution >= 4 is 11.5 Å². The molecular weight excluding hydrogens is 222 g/mol. The molecule has 0 aliphatic carbocycles. The Kier molecular flexibility index (Phi) is 4.45. The molecule has 7 heteroatoms. The lowest BCUT2D eigenvalue weighted by molar-refractivity contribution is -0.384. The maximum absolute atomic E-state index is 11.1. The van der Waals surface area contributed by atoms with Crippen molar-refractivity contribution in [1.29, 1.82) is 0 Å². The van der Waals surface area contributed by atoms with E-state index in [9.17, 15) is 10.1 Å². The van der Waals surface area contributed by atoms with Crippen molar-refractivity contribution in [2.45, 2.75) is 20.4 Å². The van der Waals surface area contributed by atoms with Gasteiger partial charge in [0.1, 0.15) is 5.69 Å². The summed E-state index contributed by atoms with van der Waals surface area (Å²) in [5, 5.41) is 18.3. The zero-order valence-corrected chi connectivity index (χ0v) is 10.7. The summed E-state index contributed by atoms with van der Waals surface area (Å²) in [6.07, 6.45) is 0. The molecule has 0 bridgehead atoms. The van der Waals surface area contributed by atoms with E-state index in [0.717, 1.165) is 6.54 Å². The van der Waals surface area contributed by atoms with Gasteiger partial charge in [0.2, 0.25) is 5.82 Å². The molecule has 17 heavy (non-hydrogen) atoms. The Labute approximate surface area is 101 Å². The predicted octanol–water partition coefficient (Wildman–Crippen LogP) is 0.775. The quantitative estimate of drug-likeness (QED) is 0.588. The number of nitrogens with one attached hydrogen (secondary N) is 1. The maximum atomic E-state index is 11.1. The van der Waals surface area contributed by atoms with Crippen molar-refractivity contribution in [3.63, 3.8) is 0 Å². The Balaban J connectivity index is 3.13. The molecule has 7 nitrogen and oxygen atoms in total. The van der Waals surface area contributed by atoms with Crippen LogP contribution in [0.5, 0.6) is 0 Å². The fourth-order valence-electron chi connectivity index (χ4n) is 1.76. The minimum atomic E-state index is -0.361. The monoisotopic (exact) mass is 241 g/mol. The first-order valence-electron chi connectivity index (χ1n) is 5.60. The lowest BCUT2D eigenvalue weighted by atomic mass is 10.3. The molecule has 0 atom stereocenters. The standard InChI is InChI=1S/C10H19N5O2/c1-5-14-10(13(4)7-6-11-3)9(15(16)17)8(2)12-14/h11H,5-7H2,1-4H3. The topological polar surface area (TPSA) is 76.2 Å². The van der Waals surface area contributed by atoms with Crippen LogP contribution in [0.2, 0.25) is 0 Å². The molecule has 0 saturated heterocycles. The van der Waals surface area contributed by atoms with E-state index < -0.39 is 0 Å². The van der Waals surface area contributed by atoms with Crippen molar-refractivity contribution in [2.24, 2.45) is 0 Å². The van der Waals surface area contributed by atoms with Gasteiger partial charge in [0, 0.05) is 26.7 Å². The summed E-state index contributed by atoms with van der Waals surface area (Å²) >= 11 is 0. The molecule has 0 amide bonds. The maximum Gasteiger partial charge on any atom is 0.333 e. The third-order valence-corrected chi connectivity index (χ3v) is 2.61. The summed E-state index contributed by atoms with van der Waals surface area (Å²) in [4.78, 5) is 12.6. The minimum Gasteiger partial charge on any atom is -0.353 e. The molecule has 0 fully saturated rings. The van der Waals surface area contributed by atoms with Gasteiger partial charge in [-0.2, -0.15) is 5.10 Å². The number of hydrogen-bond acceptors (Lipinski definition) is 5. The molecule has 0 radical (unpaired) electrons. The van der Waals surface area contributed by atoms with Gasteiger partial charge >= 0.3 is 5.69 Å². The highest BCUT2D eigenvalue weighted by Gasteiger charge is 2.27. The number of hydrogen-bond donors (Lipinski definition) is 1. The zero-order valence-electron chi connectivity index (χ0n) is 10.7. The van der Waals surface area contributed by atoms with Crippen LogP contribution in [-0.4, -0.2) is 41.9 Å². The summed E-state index contributed by atoms with van der Waals surface area (Å²) in [7, 11) is 3.69. The Bertz CT molecular complexity index is 402. The molecule has 0 spiro atoms. The van der Waals surface area contributed by atoms with Crippen LogP contribution >= 0.6 is 0 Å². The summed E-state index contributed by atoms with van der Waals surface area (Å²) in [6, 6.07) is 0. The summed E-state index contributed by atoms with van der Waals surface area (Å²) in [6.45, 7) is 5.67. The van der Waals surface area contributed by atoms with E-state index in [1.807, 2.05) is 25.9 Å². The number of nitro groups is 1. The van der Waals surface area contributed by atoms with E-state index >= 15 is 0 Å². The van der Waals surface area contributed by atoms with Gasteiger partial charge < -0.3 is 10.2 Å². The van der Waals surface area contributed by atoms with E-state index in [4.69, 9.17) is 0 Å². The molecule has 1 heterocycles. The molecule has 0 aliphatic rings. The van der Waals surface area contributed by atoms with E-state index in [1.165, 1.54) is 0 Å². The second-order valence-electron chi connectivity index (χ2n) is 3.86. The minimum absolute atomic E-state index is 0.102. The van der Waals surface area contributed by atoms with Gasteiger partial charge in [-0.15, -0.1) is 0 Å². The van der Waals surface area contributed by atoms with Crippen LogP contribution in [-0.2, 0) is 6.54 Å². The Hall–Kier alpha value is -1.63. The molecule has 96 valence electrons. The molecule has 0 unspecified atom stereocenters. The summed E-state index contributed by atoms with van der Waals surface area (Å²) in [5.74, 6) is 0.574. The number of rotatable bonds is 6. The van der Waals surface area contributed by atoms with Crippen LogP contribution in [0.4, 0.5) is 11.5 Å². The largest absolute Gasteiger partial charge is 0.353 e. The van der Waals surface area contributed by atoms with E-state index in [-0.39, 0.29) is 10.6 Å². The van der Waals surface area contributed by atoms with Crippen molar-refractivity contribution in [1.82, 2.24) is 15.1 Å². The molecule has 0 aliphatic heterocycles. The first-order chi connectivity index (χ1) is 8.02. The van der Waals surface area contributed by atoms with Crippen LogP contribution in [0.3, 0.4) is 0 Å². The highest BCUT2D eigenvalue weighted by atomic mass is 16.6. The smallest absolute Gasteiger partial charge is 0.333 e. The second-order valence-corrected chi connectivity index (χ2v) is 3.86. The first kappa shape index (κ1) is 13.4. The highest BCUT2D eigenvalue weighted by Crippen LogP contribution is 2.30. The number of nitrogens with zero attached hydrogens (tertiary/aromatic N) is 4. The summed E-state index contributed by atoms with van der Waals surface area (Å²) in [5.41, 5.74) is 0.564. The van der Waals surface area contributed by atoms with Gasteiger partial charge in [0.05, 0.1) is 4.92 Å². The van der Waals surface area contributed by atoms with Gasteiger partial charge in [-0.25, -0.2) is 4.68 Å². The highest BCUT2D eigenvalue weighted by molar-refractivity contribution is 5.60. The van der Waals surface area contributed by atoms with Crippen molar-refractivity contribution in [2.75, 3.05) is 32.1 Å². The van der Waals surface area contributed by atoms with Crippen LogP contribution in [0, 0.1) is 17.0 Å². The van der Waals surface area contributed by atoms with Gasteiger partial charge in [-0.1, -0.05) is 0 Å². The fourth-order valence-corrected chi connectivity index (χ4v) is 1.76. The van der Waals surface area contributed by atoms with Crippen LogP contribution in [0.15, 0.2) is 0 Å². The zero-order chi connectivity index (χ0) is 13.0. The summed E-state index contributed by atoms with van der Waals surface area (Å²) < 4.78 is 1.67. The Morgan fingerprint density at radius 3 is 2.71 bits per heavy atom. The van der Waals surface area contributed by atoms with Crippen molar-refractivity contribution < 1.29 is 4.92 Å². The average molecular weight is 241 g/mol.